The highest BCUT2D eigenvalue weighted by molar-refractivity contribution is 6.31. The Morgan fingerprint density at radius 3 is 2.65 bits per heavy atom. The standard InChI is InChI=1S/C27H23ClN4O5/c1-32-22(26(33)29-21-12-11-18(28)16-20(21)25-30-27(34)37-31-25)15-17-7-5-10-23(24(17)32)36-14-6-13-35-19-8-3-2-4-9-19/h2-5,7-12,15-16H,6,13-14H2,1H3,(H,29,33)(H,30,31,34). The van der Waals surface area contributed by atoms with Gasteiger partial charge in [0.25, 0.3) is 5.91 Å². The minimum Gasteiger partial charge on any atom is -0.493 e. The number of anilines is 1. The third kappa shape index (κ3) is 5.36. The molecule has 10 heteroatoms. The largest absolute Gasteiger partial charge is 0.493 e. The number of hydrogen-bond acceptors (Lipinski definition) is 6. The third-order valence-electron chi connectivity index (χ3n) is 5.74. The summed E-state index contributed by atoms with van der Waals surface area (Å²) in [5.74, 6) is 0.592. The normalized spacial score (nSPS) is 11.0. The number of aromatic amines is 1. The number of carbonyl (C=O) groups excluding carboxylic acids is 1. The van der Waals surface area contributed by atoms with Gasteiger partial charge in [0.1, 0.15) is 17.2 Å². The molecule has 0 fully saturated rings. The number of aromatic nitrogens is 3. The summed E-state index contributed by atoms with van der Waals surface area (Å²) in [6.07, 6.45) is 0.701. The van der Waals surface area contributed by atoms with E-state index in [1.54, 1.807) is 35.9 Å². The summed E-state index contributed by atoms with van der Waals surface area (Å²) in [6.45, 7) is 0.990. The molecule has 0 atom stereocenters. The Kier molecular flexibility index (Phi) is 6.96. The van der Waals surface area contributed by atoms with Crippen LogP contribution < -0.4 is 20.5 Å². The monoisotopic (exact) mass is 518 g/mol. The van der Waals surface area contributed by atoms with Crippen LogP contribution in [0.5, 0.6) is 11.5 Å². The van der Waals surface area contributed by atoms with Gasteiger partial charge < -0.3 is 19.4 Å². The van der Waals surface area contributed by atoms with Gasteiger partial charge in [-0.1, -0.05) is 47.1 Å². The molecule has 0 aliphatic carbocycles. The van der Waals surface area contributed by atoms with Gasteiger partial charge in [0.2, 0.25) is 0 Å². The van der Waals surface area contributed by atoms with Gasteiger partial charge in [0, 0.05) is 29.4 Å². The molecule has 2 aromatic heterocycles. The molecule has 2 heterocycles. The lowest BCUT2D eigenvalue weighted by molar-refractivity contribution is 0.102. The summed E-state index contributed by atoms with van der Waals surface area (Å²) in [4.78, 5) is 27.2. The number of hydrogen-bond donors (Lipinski definition) is 2. The number of rotatable bonds is 9. The molecule has 5 rings (SSSR count). The first-order valence-corrected chi connectivity index (χ1v) is 11.9. The summed E-state index contributed by atoms with van der Waals surface area (Å²) < 4.78 is 18.2. The van der Waals surface area contributed by atoms with Crippen molar-refractivity contribution < 1.29 is 18.8 Å². The minimum atomic E-state index is -0.708. The van der Waals surface area contributed by atoms with E-state index >= 15 is 0 Å². The van der Waals surface area contributed by atoms with Crippen LogP contribution in [0, 0.1) is 0 Å². The van der Waals surface area contributed by atoms with Crippen LogP contribution in [0.25, 0.3) is 22.3 Å². The first-order chi connectivity index (χ1) is 18.0. The van der Waals surface area contributed by atoms with Gasteiger partial charge in [0.15, 0.2) is 5.82 Å². The van der Waals surface area contributed by atoms with Crippen LogP contribution in [0.2, 0.25) is 5.02 Å². The first kappa shape index (κ1) is 24.2. The molecule has 0 aliphatic rings. The molecule has 188 valence electrons. The molecule has 0 unspecified atom stereocenters. The van der Waals surface area contributed by atoms with Gasteiger partial charge in [-0.25, -0.2) is 4.79 Å². The predicted octanol–water partition coefficient (Wildman–Crippen LogP) is 5.28. The number of ether oxygens (including phenoxy) is 2. The average Bonchev–Trinajstić information content (AvgIpc) is 3.49. The Morgan fingerprint density at radius 1 is 1.05 bits per heavy atom. The number of H-pyrrole nitrogens is 1. The van der Waals surface area contributed by atoms with Crippen molar-refractivity contribution >= 4 is 34.1 Å². The smallest absolute Gasteiger partial charge is 0.439 e. The van der Waals surface area contributed by atoms with E-state index in [1.165, 1.54) is 0 Å². The van der Waals surface area contributed by atoms with E-state index < -0.39 is 5.76 Å². The van der Waals surface area contributed by atoms with Gasteiger partial charge in [-0.05, 0) is 42.5 Å². The topological polar surface area (TPSA) is 111 Å². The van der Waals surface area contributed by atoms with E-state index in [0.717, 1.165) is 16.7 Å². The van der Waals surface area contributed by atoms with Crippen molar-refractivity contribution in [2.45, 2.75) is 6.42 Å². The molecule has 0 spiro atoms. The molecule has 9 nitrogen and oxygen atoms in total. The van der Waals surface area contributed by atoms with Gasteiger partial charge in [-0.15, -0.1) is 0 Å². The second-order valence-corrected chi connectivity index (χ2v) is 8.67. The Hall–Kier alpha value is -4.50. The molecule has 0 saturated carbocycles. The van der Waals surface area contributed by atoms with E-state index in [1.807, 2.05) is 48.5 Å². The van der Waals surface area contributed by atoms with Crippen LogP contribution in [0.15, 0.2) is 82.1 Å². The summed E-state index contributed by atoms with van der Waals surface area (Å²) in [6, 6.07) is 22.0. The fraction of sp³-hybridized carbons (Fsp3) is 0.148. The van der Waals surface area contributed by atoms with Crippen LogP contribution in [0.1, 0.15) is 16.9 Å². The van der Waals surface area contributed by atoms with E-state index in [2.05, 4.69) is 20.0 Å². The fourth-order valence-electron chi connectivity index (χ4n) is 4.02. The van der Waals surface area contributed by atoms with Crippen molar-refractivity contribution in [2.75, 3.05) is 18.5 Å². The predicted molar refractivity (Wildman–Crippen MR) is 140 cm³/mol. The number of halogens is 1. The molecular weight excluding hydrogens is 496 g/mol. The summed E-state index contributed by atoms with van der Waals surface area (Å²) in [5, 5.41) is 7.86. The van der Waals surface area contributed by atoms with Crippen LogP contribution in [0.3, 0.4) is 0 Å². The molecule has 0 radical (unpaired) electrons. The number of fused-ring (bicyclic) bond motifs is 1. The molecule has 37 heavy (non-hydrogen) atoms. The van der Waals surface area contributed by atoms with Crippen LogP contribution in [0.4, 0.5) is 5.69 Å². The second kappa shape index (κ2) is 10.6. The maximum Gasteiger partial charge on any atom is 0.439 e. The number of aryl methyl sites for hydroxylation is 1. The summed E-state index contributed by atoms with van der Waals surface area (Å²) in [5.41, 5.74) is 2.06. The zero-order valence-electron chi connectivity index (χ0n) is 19.9. The van der Waals surface area contributed by atoms with E-state index in [9.17, 15) is 9.59 Å². The van der Waals surface area contributed by atoms with Crippen molar-refractivity contribution in [1.82, 2.24) is 14.7 Å². The number of amides is 1. The number of nitrogens with zero attached hydrogens (tertiary/aromatic N) is 2. The molecule has 5 aromatic rings. The van der Waals surface area contributed by atoms with Crippen LogP contribution in [-0.4, -0.2) is 33.8 Å². The maximum absolute atomic E-state index is 13.3. The van der Waals surface area contributed by atoms with Crippen molar-refractivity contribution in [3.8, 4) is 22.9 Å². The van der Waals surface area contributed by atoms with Crippen molar-refractivity contribution in [3.63, 3.8) is 0 Å². The lowest BCUT2D eigenvalue weighted by Gasteiger charge is -2.12. The van der Waals surface area contributed by atoms with E-state index in [-0.39, 0.29) is 11.7 Å². The molecule has 0 bridgehead atoms. The fourth-order valence-corrected chi connectivity index (χ4v) is 4.19. The molecule has 2 N–H and O–H groups in total. The summed E-state index contributed by atoms with van der Waals surface area (Å²) >= 11 is 6.13. The van der Waals surface area contributed by atoms with Gasteiger partial charge in [-0.3, -0.25) is 14.3 Å². The lowest BCUT2D eigenvalue weighted by Crippen LogP contribution is -2.16. The van der Waals surface area contributed by atoms with Crippen LogP contribution in [-0.2, 0) is 7.05 Å². The Morgan fingerprint density at radius 2 is 1.86 bits per heavy atom. The summed E-state index contributed by atoms with van der Waals surface area (Å²) in [7, 11) is 1.81. The first-order valence-electron chi connectivity index (χ1n) is 11.6. The zero-order chi connectivity index (χ0) is 25.8. The molecule has 0 aliphatic heterocycles. The third-order valence-corrected chi connectivity index (χ3v) is 5.97. The van der Waals surface area contributed by atoms with Crippen molar-refractivity contribution in [2.24, 2.45) is 7.05 Å². The van der Waals surface area contributed by atoms with Gasteiger partial charge in [0.05, 0.1) is 24.4 Å². The van der Waals surface area contributed by atoms with Crippen molar-refractivity contribution in [1.29, 1.82) is 0 Å². The molecule has 3 aromatic carbocycles. The molecule has 1 amide bonds. The Balaban J connectivity index is 1.32. The highest BCUT2D eigenvalue weighted by Crippen LogP contribution is 2.31. The van der Waals surface area contributed by atoms with E-state index in [4.69, 9.17) is 21.1 Å². The average molecular weight is 519 g/mol. The number of carbonyl (C=O) groups is 1. The number of para-hydroxylation sites is 2. The number of benzene rings is 3. The molecule has 0 saturated heterocycles. The highest BCUT2D eigenvalue weighted by atomic mass is 35.5. The minimum absolute atomic E-state index is 0.159. The second-order valence-electron chi connectivity index (χ2n) is 8.23. The number of nitrogens with one attached hydrogen (secondary N) is 2. The lowest BCUT2D eigenvalue weighted by atomic mass is 10.1. The Bertz CT molecular complexity index is 1610. The molecular formula is C27H23ClN4O5. The van der Waals surface area contributed by atoms with Gasteiger partial charge >= 0.3 is 5.76 Å². The van der Waals surface area contributed by atoms with Crippen molar-refractivity contribution in [3.05, 3.63) is 94.1 Å². The maximum atomic E-state index is 13.3. The van der Waals surface area contributed by atoms with E-state index in [0.29, 0.717) is 47.4 Å². The Labute approximate surface area is 216 Å². The quantitative estimate of drug-likeness (QED) is 0.257. The zero-order valence-corrected chi connectivity index (χ0v) is 20.6. The SMILES string of the molecule is Cn1c(C(=O)Nc2ccc(Cl)cc2-c2noc(=O)[nH]2)cc2cccc(OCCCOc3ccccc3)c21. The highest BCUT2D eigenvalue weighted by Gasteiger charge is 2.19. The van der Waals surface area contributed by atoms with Crippen LogP contribution >= 0.6 is 11.6 Å². The van der Waals surface area contributed by atoms with Gasteiger partial charge in [-0.2, -0.15) is 0 Å².